The van der Waals surface area contributed by atoms with Crippen LogP contribution in [-0.4, -0.2) is 29.4 Å². The second kappa shape index (κ2) is 6.21. The lowest BCUT2D eigenvalue weighted by Gasteiger charge is -2.24. The largest absolute Gasteiger partial charge is 0.341 e. The SMILES string of the molecule is CCN(CCc1ccccc1)C(=O)C1(N)CC1.Cl. The van der Waals surface area contributed by atoms with Crippen molar-refractivity contribution < 1.29 is 4.79 Å². The molecule has 0 aromatic heterocycles. The van der Waals surface area contributed by atoms with Crippen LogP contribution >= 0.6 is 12.4 Å². The van der Waals surface area contributed by atoms with Crippen LogP contribution in [-0.2, 0) is 11.2 Å². The van der Waals surface area contributed by atoms with Crippen molar-refractivity contribution in [1.82, 2.24) is 4.90 Å². The first-order valence-electron chi connectivity index (χ1n) is 6.28. The van der Waals surface area contributed by atoms with Crippen LogP contribution in [0.25, 0.3) is 0 Å². The Balaban J connectivity index is 0.00000162. The van der Waals surface area contributed by atoms with Gasteiger partial charge in [-0.1, -0.05) is 30.3 Å². The number of amides is 1. The fraction of sp³-hybridized carbons (Fsp3) is 0.500. The van der Waals surface area contributed by atoms with Gasteiger partial charge in [-0.15, -0.1) is 12.4 Å². The second-order valence-corrected chi connectivity index (χ2v) is 4.78. The maximum Gasteiger partial charge on any atom is 0.242 e. The third-order valence-corrected chi connectivity index (χ3v) is 3.40. The molecule has 0 bridgehead atoms. The van der Waals surface area contributed by atoms with Gasteiger partial charge in [-0.25, -0.2) is 0 Å². The van der Waals surface area contributed by atoms with E-state index in [0.29, 0.717) is 0 Å². The van der Waals surface area contributed by atoms with Gasteiger partial charge in [0.2, 0.25) is 5.91 Å². The molecule has 1 amide bonds. The van der Waals surface area contributed by atoms with E-state index in [-0.39, 0.29) is 18.3 Å². The van der Waals surface area contributed by atoms with Crippen molar-refractivity contribution in [3.63, 3.8) is 0 Å². The first-order valence-corrected chi connectivity index (χ1v) is 6.28. The van der Waals surface area contributed by atoms with Crippen LogP contribution in [0, 0.1) is 0 Å². The molecule has 1 aliphatic rings. The third-order valence-electron chi connectivity index (χ3n) is 3.40. The Hall–Kier alpha value is -1.06. The van der Waals surface area contributed by atoms with Gasteiger partial charge >= 0.3 is 0 Å². The second-order valence-electron chi connectivity index (χ2n) is 4.78. The summed E-state index contributed by atoms with van der Waals surface area (Å²) in [5.74, 6) is 0.121. The smallest absolute Gasteiger partial charge is 0.242 e. The molecule has 18 heavy (non-hydrogen) atoms. The molecule has 0 saturated heterocycles. The molecule has 1 aromatic carbocycles. The van der Waals surface area contributed by atoms with Gasteiger partial charge in [0.05, 0.1) is 5.54 Å². The molecule has 2 rings (SSSR count). The molecule has 1 aromatic rings. The monoisotopic (exact) mass is 268 g/mol. The van der Waals surface area contributed by atoms with Crippen molar-refractivity contribution in [1.29, 1.82) is 0 Å². The van der Waals surface area contributed by atoms with E-state index in [1.54, 1.807) is 0 Å². The Bertz CT molecular complexity index is 390. The van der Waals surface area contributed by atoms with Crippen molar-refractivity contribution in [2.45, 2.75) is 31.7 Å². The molecule has 2 N–H and O–H groups in total. The highest BCUT2D eigenvalue weighted by atomic mass is 35.5. The van der Waals surface area contributed by atoms with Gasteiger partial charge in [0.25, 0.3) is 0 Å². The predicted octanol–water partition coefficient (Wildman–Crippen LogP) is 1.99. The minimum absolute atomic E-state index is 0. The average Bonchev–Trinajstić information content (AvgIpc) is 3.10. The lowest BCUT2D eigenvalue weighted by molar-refractivity contribution is -0.133. The zero-order valence-electron chi connectivity index (χ0n) is 10.8. The molecule has 3 nitrogen and oxygen atoms in total. The topological polar surface area (TPSA) is 46.3 Å². The van der Waals surface area contributed by atoms with Crippen molar-refractivity contribution in [3.8, 4) is 0 Å². The summed E-state index contributed by atoms with van der Waals surface area (Å²) >= 11 is 0. The highest BCUT2D eigenvalue weighted by Gasteiger charge is 2.47. The average molecular weight is 269 g/mol. The molecule has 0 unspecified atom stereocenters. The number of likely N-dealkylation sites (N-methyl/N-ethyl adjacent to an activating group) is 1. The number of nitrogens with two attached hydrogens (primary N) is 1. The van der Waals surface area contributed by atoms with Crippen LogP contribution in [0.15, 0.2) is 30.3 Å². The molecule has 1 saturated carbocycles. The molecule has 4 heteroatoms. The highest BCUT2D eigenvalue weighted by molar-refractivity contribution is 5.89. The van der Waals surface area contributed by atoms with Gasteiger partial charge < -0.3 is 10.6 Å². The van der Waals surface area contributed by atoms with Gasteiger partial charge in [0, 0.05) is 13.1 Å². The van der Waals surface area contributed by atoms with Crippen molar-refractivity contribution in [2.24, 2.45) is 5.73 Å². The normalized spacial score (nSPS) is 15.7. The number of hydrogen-bond acceptors (Lipinski definition) is 2. The van der Waals surface area contributed by atoms with Crippen LogP contribution in [0.3, 0.4) is 0 Å². The summed E-state index contributed by atoms with van der Waals surface area (Å²) in [5, 5.41) is 0. The van der Waals surface area contributed by atoms with Crippen molar-refractivity contribution >= 4 is 18.3 Å². The zero-order valence-corrected chi connectivity index (χ0v) is 11.6. The first-order chi connectivity index (χ1) is 8.15. The minimum Gasteiger partial charge on any atom is -0.341 e. The van der Waals surface area contributed by atoms with Gasteiger partial charge in [0.1, 0.15) is 0 Å². The summed E-state index contributed by atoms with van der Waals surface area (Å²) < 4.78 is 0. The Morgan fingerprint density at radius 2 is 1.94 bits per heavy atom. The minimum atomic E-state index is -0.535. The van der Waals surface area contributed by atoms with Gasteiger partial charge in [-0.3, -0.25) is 4.79 Å². The fourth-order valence-corrected chi connectivity index (χ4v) is 1.98. The number of nitrogens with zero attached hydrogens (tertiary/aromatic N) is 1. The molecule has 0 spiro atoms. The van der Waals surface area contributed by atoms with Crippen molar-refractivity contribution in [2.75, 3.05) is 13.1 Å². The van der Waals surface area contributed by atoms with Crippen LogP contribution < -0.4 is 5.73 Å². The van der Waals surface area contributed by atoms with E-state index in [9.17, 15) is 4.79 Å². The van der Waals surface area contributed by atoms with Crippen LogP contribution in [0.5, 0.6) is 0 Å². The molecule has 0 atom stereocenters. The summed E-state index contributed by atoms with van der Waals surface area (Å²) in [5.41, 5.74) is 6.67. The summed E-state index contributed by atoms with van der Waals surface area (Å²) in [6.45, 7) is 3.51. The van der Waals surface area contributed by atoms with Crippen LogP contribution in [0.4, 0.5) is 0 Å². The molecule has 0 aliphatic heterocycles. The number of rotatable bonds is 5. The molecule has 0 heterocycles. The van der Waals surface area contributed by atoms with Gasteiger partial charge in [-0.05, 0) is 31.7 Å². The zero-order chi connectivity index (χ0) is 12.3. The summed E-state index contributed by atoms with van der Waals surface area (Å²) in [6, 6.07) is 10.2. The maximum atomic E-state index is 12.1. The Morgan fingerprint density at radius 1 is 1.33 bits per heavy atom. The van der Waals surface area contributed by atoms with E-state index in [4.69, 9.17) is 5.73 Å². The van der Waals surface area contributed by atoms with Gasteiger partial charge in [-0.2, -0.15) is 0 Å². The Labute approximate surface area is 115 Å². The number of benzene rings is 1. The molecular weight excluding hydrogens is 248 g/mol. The molecule has 1 aliphatic carbocycles. The Morgan fingerprint density at radius 3 is 2.44 bits per heavy atom. The first kappa shape index (κ1) is 15.0. The van der Waals surface area contributed by atoms with E-state index < -0.39 is 5.54 Å². The van der Waals surface area contributed by atoms with Crippen molar-refractivity contribution in [3.05, 3.63) is 35.9 Å². The summed E-state index contributed by atoms with van der Waals surface area (Å²) in [6.07, 6.45) is 2.58. The lowest BCUT2D eigenvalue weighted by atomic mass is 10.1. The quantitative estimate of drug-likeness (QED) is 0.888. The fourth-order valence-electron chi connectivity index (χ4n) is 1.98. The predicted molar refractivity (Wildman–Crippen MR) is 75.8 cm³/mol. The Kier molecular flexibility index (Phi) is 5.17. The van der Waals surface area contributed by atoms with Crippen LogP contribution in [0.2, 0.25) is 0 Å². The molecule has 0 radical (unpaired) electrons. The summed E-state index contributed by atoms with van der Waals surface area (Å²) in [7, 11) is 0. The van der Waals surface area contributed by atoms with E-state index in [1.165, 1.54) is 5.56 Å². The number of carbonyl (C=O) groups is 1. The maximum absolute atomic E-state index is 12.1. The van der Waals surface area contributed by atoms with E-state index in [2.05, 4.69) is 12.1 Å². The molecular formula is C14H21ClN2O. The molecule has 1 fully saturated rings. The van der Waals surface area contributed by atoms with Crippen LogP contribution in [0.1, 0.15) is 25.3 Å². The summed E-state index contributed by atoms with van der Waals surface area (Å²) in [4.78, 5) is 14.0. The highest BCUT2D eigenvalue weighted by Crippen LogP contribution is 2.34. The third kappa shape index (κ3) is 3.47. The lowest BCUT2D eigenvalue weighted by Crippen LogP contribution is -2.46. The molecule has 100 valence electrons. The van der Waals surface area contributed by atoms with E-state index in [0.717, 1.165) is 32.4 Å². The van der Waals surface area contributed by atoms with E-state index >= 15 is 0 Å². The number of halogens is 1. The number of carbonyl (C=O) groups excluding carboxylic acids is 1. The van der Waals surface area contributed by atoms with Gasteiger partial charge in [0.15, 0.2) is 0 Å². The standard InChI is InChI=1S/C14H20N2O.ClH/c1-2-16(13(17)14(15)9-10-14)11-8-12-6-4-3-5-7-12;/h3-7H,2,8-11,15H2,1H3;1H. The number of hydrogen-bond donors (Lipinski definition) is 1. The van der Waals surface area contributed by atoms with E-state index in [1.807, 2.05) is 30.0 Å².